The molecule has 0 saturated carbocycles. The minimum atomic E-state index is -0.702. The van der Waals surface area contributed by atoms with Crippen molar-refractivity contribution in [3.05, 3.63) is 53.6 Å². The maximum atomic E-state index is 11.8. The summed E-state index contributed by atoms with van der Waals surface area (Å²) in [6.07, 6.45) is 0. The van der Waals surface area contributed by atoms with Crippen LogP contribution in [0.15, 0.2) is 42.5 Å². The van der Waals surface area contributed by atoms with Crippen molar-refractivity contribution in [3.8, 4) is 11.5 Å². The van der Waals surface area contributed by atoms with Gasteiger partial charge in [0, 0.05) is 11.3 Å². The molecule has 2 aromatic rings. The first-order valence-corrected chi connectivity index (χ1v) is 8.23. The molecule has 0 aliphatic rings. The fourth-order valence-electron chi connectivity index (χ4n) is 2.16. The monoisotopic (exact) mass is 371 g/mol. The summed E-state index contributed by atoms with van der Waals surface area (Å²) in [7, 11) is 1.43. The van der Waals surface area contributed by atoms with E-state index in [2.05, 4.69) is 5.32 Å². The van der Waals surface area contributed by atoms with Gasteiger partial charge in [0.15, 0.2) is 30.5 Å². The van der Waals surface area contributed by atoms with Gasteiger partial charge in [0.05, 0.1) is 7.11 Å². The van der Waals surface area contributed by atoms with Gasteiger partial charge in [-0.15, -0.1) is 0 Å². The minimum absolute atomic E-state index is 0.112. The van der Waals surface area contributed by atoms with Crippen LogP contribution in [-0.2, 0) is 14.3 Å². The van der Waals surface area contributed by atoms with Crippen LogP contribution in [-0.4, -0.2) is 38.0 Å². The Balaban J connectivity index is 1.81. The summed E-state index contributed by atoms with van der Waals surface area (Å²) in [5, 5.41) is 2.62. The number of ether oxygens (including phenoxy) is 3. The third-order valence-electron chi connectivity index (χ3n) is 3.62. The highest BCUT2D eigenvalue weighted by Crippen LogP contribution is 2.28. The summed E-state index contributed by atoms with van der Waals surface area (Å²) in [4.78, 5) is 34.9. The average Bonchev–Trinajstić information content (AvgIpc) is 2.66. The largest absolute Gasteiger partial charge is 0.493 e. The number of carbonyl (C=O) groups excluding carboxylic acids is 3. The highest BCUT2D eigenvalue weighted by Gasteiger charge is 2.12. The van der Waals surface area contributed by atoms with Gasteiger partial charge in [0.2, 0.25) is 0 Å². The molecular formula is C20H21NO6. The van der Waals surface area contributed by atoms with Gasteiger partial charge >= 0.3 is 5.97 Å². The van der Waals surface area contributed by atoms with E-state index in [-0.39, 0.29) is 5.78 Å². The van der Waals surface area contributed by atoms with Crippen LogP contribution in [0.5, 0.6) is 11.5 Å². The number of anilines is 1. The molecule has 0 fully saturated rings. The van der Waals surface area contributed by atoms with Gasteiger partial charge in [0.25, 0.3) is 5.91 Å². The smallest absolute Gasteiger partial charge is 0.344 e. The number of carbonyl (C=O) groups is 3. The summed E-state index contributed by atoms with van der Waals surface area (Å²) < 4.78 is 15.4. The maximum absolute atomic E-state index is 11.8. The Morgan fingerprint density at radius 3 is 2.30 bits per heavy atom. The molecule has 7 heteroatoms. The van der Waals surface area contributed by atoms with Crippen molar-refractivity contribution in [2.24, 2.45) is 0 Å². The van der Waals surface area contributed by atoms with Crippen molar-refractivity contribution in [1.29, 1.82) is 0 Å². The normalized spacial score (nSPS) is 10.0. The van der Waals surface area contributed by atoms with Crippen molar-refractivity contribution >= 4 is 23.3 Å². The van der Waals surface area contributed by atoms with Crippen LogP contribution in [0, 0.1) is 6.92 Å². The lowest BCUT2D eigenvalue weighted by Gasteiger charge is -2.11. The van der Waals surface area contributed by atoms with Crippen molar-refractivity contribution in [3.63, 3.8) is 0 Å². The molecule has 0 atom stereocenters. The molecule has 0 aromatic heterocycles. The van der Waals surface area contributed by atoms with E-state index in [9.17, 15) is 14.4 Å². The van der Waals surface area contributed by atoms with Crippen LogP contribution in [0.4, 0.5) is 5.69 Å². The van der Waals surface area contributed by atoms with E-state index in [1.165, 1.54) is 26.2 Å². The fourth-order valence-corrected chi connectivity index (χ4v) is 2.16. The van der Waals surface area contributed by atoms with Crippen LogP contribution in [0.25, 0.3) is 0 Å². The number of nitrogens with one attached hydrogen (secondary N) is 1. The second-order valence-electron chi connectivity index (χ2n) is 5.79. The molecule has 2 aromatic carbocycles. The van der Waals surface area contributed by atoms with E-state index in [1.54, 1.807) is 18.2 Å². The molecule has 2 rings (SSSR count). The topological polar surface area (TPSA) is 90.9 Å². The zero-order valence-corrected chi connectivity index (χ0v) is 15.4. The van der Waals surface area contributed by atoms with Gasteiger partial charge in [-0.2, -0.15) is 0 Å². The molecule has 0 spiro atoms. The summed E-state index contributed by atoms with van der Waals surface area (Å²) >= 11 is 0. The Bertz CT molecular complexity index is 829. The number of esters is 1. The number of rotatable bonds is 8. The molecule has 7 nitrogen and oxygen atoms in total. The zero-order valence-electron chi connectivity index (χ0n) is 15.4. The summed E-state index contributed by atoms with van der Waals surface area (Å²) in [6, 6.07) is 11.9. The number of benzene rings is 2. The second kappa shape index (κ2) is 9.38. The zero-order chi connectivity index (χ0) is 19.8. The van der Waals surface area contributed by atoms with E-state index in [0.717, 1.165) is 5.56 Å². The lowest BCUT2D eigenvalue weighted by atomic mass is 10.1. The standard InChI is InChI=1S/C20H21NO6/c1-13-4-7-16(8-5-13)21-19(23)11-27-20(24)12-26-17-9-6-15(14(2)22)10-18(17)25-3/h4-10H,11-12H2,1-3H3,(H,21,23). The lowest BCUT2D eigenvalue weighted by molar-refractivity contribution is -0.149. The van der Waals surface area contributed by atoms with Crippen LogP contribution in [0.1, 0.15) is 22.8 Å². The predicted molar refractivity (Wildman–Crippen MR) is 99.3 cm³/mol. The molecule has 142 valence electrons. The molecule has 1 amide bonds. The number of aryl methyl sites for hydroxylation is 1. The Morgan fingerprint density at radius 1 is 0.963 bits per heavy atom. The van der Waals surface area contributed by atoms with Crippen LogP contribution < -0.4 is 14.8 Å². The first-order valence-electron chi connectivity index (χ1n) is 8.23. The molecule has 0 radical (unpaired) electrons. The van der Waals surface area contributed by atoms with Gasteiger partial charge in [-0.3, -0.25) is 9.59 Å². The molecule has 0 aliphatic heterocycles. The average molecular weight is 371 g/mol. The van der Waals surface area contributed by atoms with Crippen molar-refractivity contribution in [2.45, 2.75) is 13.8 Å². The maximum Gasteiger partial charge on any atom is 0.344 e. The van der Waals surface area contributed by atoms with Gasteiger partial charge in [0.1, 0.15) is 0 Å². The molecule has 0 heterocycles. The first kappa shape index (κ1) is 20.0. The third-order valence-corrected chi connectivity index (χ3v) is 3.62. The fraction of sp³-hybridized carbons (Fsp3) is 0.250. The minimum Gasteiger partial charge on any atom is -0.493 e. The molecule has 0 bridgehead atoms. The van der Waals surface area contributed by atoms with Gasteiger partial charge in [-0.05, 0) is 44.2 Å². The van der Waals surface area contributed by atoms with E-state index in [4.69, 9.17) is 14.2 Å². The van der Waals surface area contributed by atoms with Crippen LogP contribution in [0.2, 0.25) is 0 Å². The molecular weight excluding hydrogens is 350 g/mol. The lowest BCUT2D eigenvalue weighted by Crippen LogP contribution is -2.23. The predicted octanol–water partition coefficient (Wildman–Crippen LogP) is 2.77. The van der Waals surface area contributed by atoms with Crippen LogP contribution >= 0.6 is 0 Å². The number of Topliss-reactive ketones (excluding diaryl/α,β-unsaturated/α-hetero) is 1. The number of methoxy groups -OCH3 is 1. The van der Waals surface area contributed by atoms with Crippen molar-refractivity contribution in [2.75, 3.05) is 25.6 Å². The van der Waals surface area contributed by atoms with Gasteiger partial charge in [-0.25, -0.2) is 4.79 Å². The van der Waals surface area contributed by atoms with E-state index in [1.807, 2.05) is 19.1 Å². The van der Waals surface area contributed by atoms with Crippen LogP contribution in [0.3, 0.4) is 0 Å². The molecule has 0 aliphatic carbocycles. The Kier molecular flexibility index (Phi) is 6.93. The molecule has 1 N–H and O–H groups in total. The van der Waals surface area contributed by atoms with E-state index >= 15 is 0 Å². The van der Waals surface area contributed by atoms with Crippen molar-refractivity contribution in [1.82, 2.24) is 0 Å². The Morgan fingerprint density at radius 2 is 1.67 bits per heavy atom. The van der Waals surface area contributed by atoms with Gasteiger partial charge in [-0.1, -0.05) is 17.7 Å². The quantitative estimate of drug-likeness (QED) is 0.567. The molecule has 27 heavy (non-hydrogen) atoms. The summed E-state index contributed by atoms with van der Waals surface area (Å²) in [6.45, 7) is 2.56. The number of hydrogen-bond donors (Lipinski definition) is 1. The Hall–Kier alpha value is -3.35. The van der Waals surface area contributed by atoms with Crippen molar-refractivity contribution < 1.29 is 28.6 Å². The first-order chi connectivity index (χ1) is 12.9. The second-order valence-corrected chi connectivity index (χ2v) is 5.79. The number of hydrogen-bond acceptors (Lipinski definition) is 6. The number of ketones is 1. The highest BCUT2D eigenvalue weighted by molar-refractivity contribution is 5.94. The van der Waals surface area contributed by atoms with E-state index in [0.29, 0.717) is 22.7 Å². The SMILES string of the molecule is COc1cc(C(C)=O)ccc1OCC(=O)OCC(=O)Nc1ccc(C)cc1. The number of amides is 1. The highest BCUT2D eigenvalue weighted by atomic mass is 16.6. The summed E-state index contributed by atoms with van der Waals surface area (Å²) in [5.74, 6) is -0.641. The Labute approximate surface area is 157 Å². The summed E-state index contributed by atoms with van der Waals surface area (Å²) in [5.41, 5.74) is 2.16. The third kappa shape index (κ3) is 6.14. The van der Waals surface area contributed by atoms with E-state index < -0.39 is 25.1 Å². The molecule has 0 unspecified atom stereocenters. The molecule has 0 saturated heterocycles. The van der Waals surface area contributed by atoms with Gasteiger partial charge < -0.3 is 19.5 Å².